The summed E-state index contributed by atoms with van der Waals surface area (Å²) in [7, 11) is -3.65. The van der Waals surface area contributed by atoms with E-state index in [-0.39, 0.29) is 10.5 Å². The van der Waals surface area contributed by atoms with E-state index in [1.807, 2.05) is 29.6 Å². The Kier molecular flexibility index (Phi) is 7.23. The molecular formula is C22H20BrN3O5S2. The average molecular weight is 550 g/mol. The van der Waals surface area contributed by atoms with Gasteiger partial charge >= 0.3 is 5.97 Å². The van der Waals surface area contributed by atoms with Crippen molar-refractivity contribution in [3.8, 4) is 11.3 Å². The van der Waals surface area contributed by atoms with E-state index in [1.165, 1.54) is 39.9 Å². The van der Waals surface area contributed by atoms with Crippen LogP contribution in [0.3, 0.4) is 0 Å². The molecule has 172 valence electrons. The molecular weight excluding hydrogens is 530 g/mol. The molecule has 1 amide bonds. The molecule has 1 N–H and O–H groups in total. The number of aromatic nitrogens is 1. The molecule has 0 aliphatic carbocycles. The molecule has 8 nitrogen and oxygen atoms in total. The van der Waals surface area contributed by atoms with Gasteiger partial charge in [-0.1, -0.05) is 34.1 Å². The van der Waals surface area contributed by atoms with Crippen LogP contribution in [-0.2, 0) is 19.6 Å². The molecule has 1 aliphatic heterocycles. The smallest absolute Gasteiger partial charge is 0.338 e. The molecule has 0 radical (unpaired) electrons. The highest BCUT2D eigenvalue weighted by molar-refractivity contribution is 9.10. The van der Waals surface area contributed by atoms with Crippen LogP contribution in [0.5, 0.6) is 0 Å². The molecule has 0 spiro atoms. The molecule has 0 bridgehead atoms. The fraction of sp³-hybridized carbons (Fsp3) is 0.227. The van der Waals surface area contributed by atoms with E-state index in [2.05, 4.69) is 26.2 Å². The van der Waals surface area contributed by atoms with Gasteiger partial charge in [-0.05, 0) is 43.2 Å². The van der Waals surface area contributed by atoms with Crippen LogP contribution >= 0.6 is 27.3 Å². The molecule has 1 fully saturated rings. The van der Waals surface area contributed by atoms with E-state index in [9.17, 15) is 18.0 Å². The van der Waals surface area contributed by atoms with Gasteiger partial charge in [-0.25, -0.2) is 18.2 Å². The normalized spacial score (nSPS) is 14.2. The zero-order valence-corrected chi connectivity index (χ0v) is 20.6. The highest BCUT2D eigenvalue weighted by atomic mass is 79.9. The van der Waals surface area contributed by atoms with Gasteiger partial charge in [0.2, 0.25) is 10.0 Å². The lowest BCUT2D eigenvalue weighted by Gasteiger charge is -2.15. The topological polar surface area (TPSA) is 106 Å². The second kappa shape index (κ2) is 10.1. The molecule has 0 saturated carbocycles. The number of esters is 1. The molecule has 3 aromatic rings. The van der Waals surface area contributed by atoms with Gasteiger partial charge in [-0.15, -0.1) is 11.3 Å². The van der Waals surface area contributed by atoms with Crippen LogP contribution in [0.4, 0.5) is 5.13 Å². The Hall–Kier alpha value is -2.60. The van der Waals surface area contributed by atoms with E-state index in [4.69, 9.17) is 4.74 Å². The number of hydrogen-bond donors (Lipinski definition) is 1. The van der Waals surface area contributed by atoms with Crippen molar-refractivity contribution >= 4 is 54.3 Å². The minimum atomic E-state index is -3.65. The number of amides is 1. The van der Waals surface area contributed by atoms with E-state index >= 15 is 0 Å². The zero-order valence-electron chi connectivity index (χ0n) is 17.4. The number of benzene rings is 2. The largest absolute Gasteiger partial charge is 0.452 e. The number of carbonyl (C=O) groups is 2. The third-order valence-corrected chi connectivity index (χ3v) is 8.12. The molecule has 1 aliphatic rings. The first-order valence-corrected chi connectivity index (χ1v) is 13.2. The summed E-state index contributed by atoms with van der Waals surface area (Å²) in [4.78, 5) is 29.0. The summed E-state index contributed by atoms with van der Waals surface area (Å²) in [5.74, 6) is -1.32. The van der Waals surface area contributed by atoms with Crippen molar-refractivity contribution in [1.82, 2.24) is 9.29 Å². The maximum atomic E-state index is 12.7. The predicted octanol–water partition coefficient (Wildman–Crippen LogP) is 4.15. The van der Waals surface area contributed by atoms with E-state index in [1.54, 1.807) is 0 Å². The molecule has 33 heavy (non-hydrogen) atoms. The van der Waals surface area contributed by atoms with Gasteiger partial charge < -0.3 is 4.74 Å². The number of ether oxygens (including phenoxy) is 1. The van der Waals surface area contributed by atoms with Crippen molar-refractivity contribution in [2.24, 2.45) is 0 Å². The second-order valence-corrected chi connectivity index (χ2v) is 11.0. The van der Waals surface area contributed by atoms with Crippen LogP contribution < -0.4 is 5.32 Å². The van der Waals surface area contributed by atoms with Crippen LogP contribution in [-0.4, -0.2) is 49.3 Å². The quantitative estimate of drug-likeness (QED) is 0.443. The summed E-state index contributed by atoms with van der Waals surface area (Å²) in [5.41, 5.74) is 1.68. The fourth-order valence-corrected chi connectivity index (χ4v) is 6.04. The zero-order chi connectivity index (χ0) is 23.4. The summed E-state index contributed by atoms with van der Waals surface area (Å²) < 4.78 is 32.8. The maximum Gasteiger partial charge on any atom is 0.338 e. The predicted molar refractivity (Wildman–Crippen MR) is 129 cm³/mol. The van der Waals surface area contributed by atoms with Gasteiger partial charge in [0.25, 0.3) is 5.91 Å². The van der Waals surface area contributed by atoms with Gasteiger partial charge in [-0.3, -0.25) is 10.1 Å². The number of nitrogens with one attached hydrogen (secondary N) is 1. The van der Waals surface area contributed by atoms with Crippen molar-refractivity contribution in [3.05, 3.63) is 63.9 Å². The number of hydrogen-bond acceptors (Lipinski definition) is 7. The van der Waals surface area contributed by atoms with Crippen LogP contribution in [0.1, 0.15) is 23.2 Å². The van der Waals surface area contributed by atoms with Gasteiger partial charge in [0.15, 0.2) is 11.7 Å². The number of rotatable bonds is 7. The Morgan fingerprint density at radius 1 is 1.12 bits per heavy atom. The molecule has 11 heteroatoms. The first kappa shape index (κ1) is 23.6. The number of anilines is 1. The molecule has 1 aromatic heterocycles. The second-order valence-electron chi connectivity index (χ2n) is 7.31. The van der Waals surface area contributed by atoms with Crippen molar-refractivity contribution in [2.75, 3.05) is 25.0 Å². The van der Waals surface area contributed by atoms with Crippen molar-refractivity contribution in [1.29, 1.82) is 0 Å². The molecule has 1 saturated heterocycles. The summed E-state index contributed by atoms with van der Waals surface area (Å²) in [6.45, 7) is 0.419. The monoisotopic (exact) mass is 549 g/mol. The Labute approximate surface area is 203 Å². The number of carbonyl (C=O) groups excluding carboxylic acids is 2. The van der Waals surface area contributed by atoms with E-state index in [0.717, 1.165) is 22.9 Å². The highest BCUT2D eigenvalue weighted by Crippen LogP contribution is 2.27. The van der Waals surface area contributed by atoms with Gasteiger partial charge in [0.1, 0.15) is 0 Å². The van der Waals surface area contributed by atoms with Crippen molar-refractivity contribution in [2.45, 2.75) is 17.7 Å². The van der Waals surface area contributed by atoms with Crippen LogP contribution in [0.25, 0.3) is 11.3 Å². The van der Waals surface area contributed by atoms with Crippen molar-refractivity contribution in [3.63, 3.8) is 0 Å². The minimum Gasteiger partial charge on any atom is -0.452 e. The fourth-order valence-electron chi connectivity index (χ4n) is 3.34. The Morgan fingerprint density at radius 3 is 2.64 bits per heavy atom. The summed E-state index contributed by atoms with van der Waals surface area (Å²) >= 11 is 4.67. The first-order chi connectivity index (χ1) is 15.8. The average Bonchev–Trinajstić information content (AvgIpc) is 3.50. The molecule has 2 heterocycles. The molecule has 0 atom stereocenters. The minimum absolute atomic E-state index is 0.0335. The third-order valence-electron chi connectivity index (χ3n) is 4.98. The Bertz CT molecular complexity index is 1290. The van der Waals surface area contributed by atoms with E-state index < -0.39 is 28.5 Å². The standard InChI is InChI=1S/C22H20BrN3O5S2/c23-17-7-3-5-15(11-17)19-14-32-22(24-19)25-20(27)13-31-21(28)16-6-4-8-18(12-16)33(29,30)26-9-1-2-10-26/h3-8,11-12,14H,1-2,9-10,13H2,(H,24,25,27). The van der Waals surface area contributed by atoms with Crippen LogP contribution in [0.2, 0.25) is 0 Å². The lowest BCUT2D eigenvalue weighted by atomic mass is 10.2. The maximum absolute atomic E-state index is 12.7. The molecule has 4 rings (SSSR count). The number of thiazole rings is 1. The number of sulfonamides is 1. The lowest BCUT2D eigenvalue weighted by Crippen LogP contribution is -2.28. The Morgan fingerprint density at radius 2 is 1.88 bits per heavy atom. The van der Waals surface area contributed by atoms with Gasteiger partial charge in [0, 0.05) is 28.5 Å². The first-order valence-electron chi connectivity index (χ1n) is 10.1. The lowest BCUT2D eigenvalue weighted by molar-refractivity contribution is -0.119. The van der Waals surface area contributed by atoms with Crippen LogP contribution in [0, 0.1) is 0 Å². The molecule has 2 aromatic carbocycles. The summed E-state index contributed by atoms with van der Waals surface area (Å²) in [6, 6.07) is 13.3. The van der Waals surface area contributed by atoms with Crippen LogP contribution in [0.15, 0.2) is 63.3 Å². The molecule has 0 unspecified atom stereocenters. The third kappa shape index (κ3) is 5.67. The number of nitrogens with zero attached hydrogens (tertiary/aromatic N) is 2. The van der Waals surface area contributed by atoms with Crippen molar-refractivity contribution < 1.29 is 22.7 Å². The van der Waals surface area contributed by atoms with E-state index in [0.29, 0.717) is 23.9 Å². The van der Waals surface area contributed by atoms with Gasteiger partial charge in [-0.2, -0.15) is 4.31 Å². The summed E-state index contributed by atoms with van der Waals surface area (Å²) in [5, 5.41) is 4.80. The summed E-state index contributed by atoms with van der Waals surface area (Å²) in [6.07, 6.45) is 1.64. The van der Waals surface area contributed by atoms with Gasteiger partial charge in [0.05, 0.1) is 16.2 Å². The highest BCUT2D eigenvalue weighted by Gasteiger charge is 2.27. The SMILES string of the molecule is O=C(COC(=O)c1cccc(S(=O)(=O)N2CCCC2)c1)Nc1nc(-c2cccc(Br)c2)cs1. The number of halogens is 1. The Balaban J connectivity index is 1.35.